The molecule has 1 amide bonds. The van der Waals surface area contributed by atoms with Crippen LogP contribution in [0.4, 0.5) is 5.69 Å². The average molecular weight is 413 g/mol. The Labute approximate surface area is 178 Å². The molecule has 162 valence electrons. The summed E-state index contributed by atoms with van der Waals surface area (Å²) in [5.74, 6) is 2.18. The third-order valence-electron chi connectivity index (χ3n) is 4.24. The summed E-state index contributed by atoms with van der Waals surface area (Å²) in [6.07, 6.45) is 0.825. The van der Waals surface area contributed by atoms with Crippen molar-refractivity contribution < 1.29 is 14.3 Å². The molecular formula is C23H32N4O3. The highest BCUT2D eigenvalue weighted by Gasteiger charge is 2.07. The summed E-state index contributed by atoms with van der Waals surface area (Å²) < 4.78 is 11.3. The van der Waals surface area contributed by atoms with Crippen LogP contribution in [0.3, 0.4) is 0 Å². The largest absolute Gasteiger partial charge is 0.490 e. The molecule has 0 radical (unpaired) electrons. The molecule has 2 rings (SSSR count). The molecule has 2 aromatic rings. The molecule has 0 unspecified atom stereocenters. The second-order valence-corrected chi connectivity index (χ2v) is 6.63. The van der Waals surface area contributed by atoms with E-state index in [0.29, 0.717) is 19.8 Å². The third kappa shape index (κ3) is 7.66. The molecule has 0 aliphatic rings. The van der Waals surface area contributed by atoms with Gasteiger partial charge in [0, 0.05) is 32.7 Å². The Morgan fingerprint density at radius 1 is 0.967 bits per heavy atom. The Morgan fingerprint density at radius 3 is 2.43 bits per heavy atom. The zero-order valence-electron chi connectivity index (χ0n) is 18.2. The van der Waals surface area contributed by atoms with Crippen LogP contribution >= 0.6 is 0 Å². The predicted octanol–water partition coefficient (Wildman–Crippen LogP) is 3.35. The number of hydrogen-bond donors (Lipinski definition) is 3. The highest BCUT2D eigenvalue weighted by atomic mass is 16.5. The van der Waals surface area contributed by atoms with Gasteiger partial charge in [-0.05, 0) is 55.7 Å². The number of aliphatic imine (C=N–C) groups is 1. The van der Waals surface area contributed by atoms with Gasteiger partial charge in [-0.15, -0.1) is 0 Å². The van der Waals surface area contributed by atoms with Crippen LogP contribution in [0.5, 0.6) is 11.5 Å². The number of nitrogens with one attached hydrogen (secondary N) is 3. The Kier molecular flexibility index (Phi) is 9.51. The molecule has 7 nitrogen and oxygen atoms in total. The van der Waals surface area contributed by atoms with E-state index >= 15 is 0 Å². The SMILES string of the molecule is CCOc1ccc(CCNC(=NC)NCc2cccc(NC(C)=O)c2)cc1OCC. The summed E-state index contributed by atoms with van der Waals surface area (Å²) in [4.78, 5) is 15.5. The van der Waals surface area contributed by atoms with E-state index in [9.17, 15) is 4.79 Å². The number of anilines is 1. The molecule has 30 heavy (non-hydrogen) atoms. The van der Waals surface area contributed by atoms with Crippen molar-refractivity contribution >= 4 is 17.6 Å². The second-order valence-electron chi connectivity index (χ2n) is 6.63. The molecule has 0 heterocycles. The minimum absolute atomic E-state index is 0.0839. The molecule has 0 aliphatic carbocycles. The molecular weight excluding hydrogens is 380 g/mol. The van der Waals surface area contributed by atoms with Crippen LogP contribution in [-0.4, -0.2) is 38.7 Å². The molecule has 0 atom stereocenters. The standard InChI is InChI=1S/C23H32N4O3/c1-5-29-21-11-10-18(15-22(21)30-6-2)12-13-25-23(24-4)26-16-19-8-7-9-20(14-19)27-17(3)28/h7-11,14-15H,5-6,12-13,16H2,1-4H3,(H,27,28)(H2,24,25,26). The van der Waals surface area contributed by atoms with E-state index < -0.39 is 0 Å². The first-order valence-corrected chi connectivity index (χ1v) is 10.2. The van der Waals surface area contributed by atoms with Crippen LogP contribution in [0.2, 0.25) is 0 Å². The zero-order chi connectivity index (χ0) is 21.8. The first kappa shape index (κ1) is 23.1. The van der Waals surface area contributed by atoms with E-state index in [1.807, 2.05) is 50.2 Å². The number of carbonyl (C=O) groups excluding carboxylic acids is 1. The minimum Gasteiger partial charge on any atom is -0.490 e. The van der Waals surface area contributed by atoms with E-state index in [-0.39, 0.29) is 5.91 Å². The Hall–Kier alpha value is -3.22. The van der Waals surface area contributed by atoms with Gasteiger partial charge in [0.15, 0.2) is 17.5 Å². The van der Waals surface area contributed by atoms with Crippen LogP contribution in [-0.2, 0) is 17.8 Å². The number of carbonyl (C=O) groups is 1. The minimum atomic E-state index is -0.0839. The molecule has 3 N–H and O–H groups in total. The van der Waals surface area contributed by atoms with Gasteiger partial charge in [0.25, 0.3) is 0 Å². The fraction of sp³-hybridized carbons (Fsp3) is 0.391. The van der Waals surface area contributed by atoms with Gasteiger partial charge in [0.1, 0.15) is 0 Å². The maximum absolute atomic E-state index is 11.2. The van der Waals surface area contributed by atoms with Gasteiger partial charge >= 0.3 is 0 Å². The lowest BCUT2D eigenvalue weighted by atomic mass is 10.1. The maximum Gasteiger partial charge on any atom is 0.221 e. The molecule has 0 spiro atoms. The topological polar surface area (TPSA) is 84.0 Å². The van der Waals surface area contributed by atoms with E-state index in [4.69, 9.17) is 9.47 Å². The quantitative estimate of drug-likeness (QED) is 0.412. The first-order valence-electron chi connectivity index (χ1n) is 10.2. The monoisotopic (exact) mass is 412 g/mol. The fourth-order valence-corrected chi connectivity index (χ4v) is 2.94. The number of rotatable bonds is 10. The van der Waals surface area contributed by atoms with Crippen molar-refractivity contribution in [2.24, 2.45) is 4.99 Å². The maximum atomic E-state index is 11.2. The first-order chi connectivity index (χ1) is 14.5. The van der Waals surface area contributed by atoms with Gasteiger partial charge in [0.05, 0.1) is 13.2 Å². The van der Waals surface area contributed by atoms with E-state index in [1.54, 1.807) is 7.05 Å². The third-order valence-corrected chi connectivity index (χ3v) is 4.24. The lowest BCUT2D eigenvalue weighted by Crippen LogP contribution is -2.37. The summed E-state index contributed by atoms with van der Waals surface area (Å²) >= 11 is 0. The van der Waals surface area contributed by atoms with E-state index in [2.05, 4.69) is 27.0 Å². The number of nitrogens with zero attached hydrogens (tertiary/aromatic N) is 1. The van der Waals surface area contributed by atoms with Crippen molar-refractivity contribution in [3.8, 4) is 11.5 Å². The van der Waals surface area contributed by atoms with Gasteiger partial charge in [-0.3, -0.25) is 9.79 Å². The van der Waals surface area contributed by atoms with Crippen molar-refractivity contribution in [1.29, 1.82) is 0 Å². The van der Waals surface area contributed by atoms with Crippen LogP contribution < -0.4 is 25.4 Å². The molecule has 0 saturated carbocycles. The van der Waals surface area contributed by atoms with Crippen molar-refractivity contribution in [2.75, 3.05) is 32.1 Å². The predicted molar refractivity (Wildman–Crippen MR) is 121 cm³/mol. The fourth-order valence-electron chi connectivity index (χ4n) is 2.94. The zero-order valence-corrected chi connectivity index (χ0v) is 18.2. The molecule has 2 aromatic carbocycles. The van der Waals surface area contributed by atoms with Crippen LogP contribution in [0, 0.1) is 0 Å². The highest BCUT2D eigenvalue weighted by Crippen LogP contribution is 2.28. The van der Waals surface area contributed by atoms with Crippen LogP contribution in [0.1, 0.15) is 31.9 Å². The van der Waals surface area contributed by atoms with Crippen LogP contribution in [0.15, 0.2) is 47.5 Å². The molecule has 0 saturated heterocycles. The number of guanidine groups is 1. The average Bonchev–Trinajstić information content (AvgIpc) is 2.72. The van der Waals surface area contributed by atoms with Gasteiger partial charge in [0.2, 0.25) is 5.91 Å². The summed E-state index contributed by atoms with van der Waals surface area (Å²) in [6, 6.07) is 13.8. The summed E-state index contributed by atoms with van der Waals surface area (Å²) in [7, 11) is 1.74. The smallest absolute Gasteiger partial charge is 0.221 e. The molecule has 7 heteroatoms. The lowest BCUT2D eigenvalue weighted by molar-refractivity contribution is -0.114. The molecule has 0 bridgehead atoms. The Morgan fingerprint density at radius 2 is 1.73 bits per heavy atom. The number of amides is 1. The number of hydrogen-bond acceptors (Lipinski definition) is 4. The second kappa shape index (κ2) is 12.4. The van der Waals surface area contributed by atoms with Gasteiger partial charge in [-0.25, -0.2) is 0 Å². The van der Waals surface area contributed by atoms with Crippen molar-refractivity contribution in [3.05, 3.63) is 53.6 Å². The molecule has 0 fully saturated rings. The van der Waals surface area contributed by atoms with Crippen molar-refractivity contribution in [1.82, 2.24) is 10.6 Å². The summed E-state index contributed by atoms with van der Waals surface area (Å²) in [6.45, 7) is 7.96. The van der Waals surface area contributed by atoms with Gasteiger partial charge < -0.3 is 25.4 Å². The highest BCUT2D eigenvalue weighted by molar-refractivity contribution is 5.88. The Bertz CT molecular complexity index is 852. The summed E-state index contributed by atoms with van der Waals surface area (Å²) in [5.41, 5.74) is 3.00. The van der Waals surface area contributed by atoms with Crippen molar-refractivity contribution in [2.45, 2.75) is 33.7 Å². The number of ether oxygens (including phenoxy) is 2. The van der Waals surface area contributed by atoms with Gasteiger partial charge in [-0.1, -0.05) is 18.2 Å². The van der Waals surface area contributed by atoms with Crippen LogP contribution in [0.25, 0.3) is 0 Å². The molecule has 0 aromatic heterocycles. The molecule has 0 aliphatic heterocycles. The van der Waals surface area contributed by atoms with E-state index in [0.717, 1.165) is 47.2 Å². The normalized spacial score (nSPS) is 11.0. The van der Waals surface area contributed by atoms with Gasteiger partial charge in [-0.2, -0.15) is 0 Å². The van der Waals surface area contributed by atoms with Crippen molar-refractivity contribution in [3.63, 3.8) is 0 Å². The van der Waals surface area contributed by atoms with E-state index in [1.165, 1.54) is 6.92 Å². The summed E-state index contributed by atoms with van der Waals surface area (Å²) in [5, 5.41) is 9.41. The number of benzene rings is 2. The Balaban J connectivity index is 1.86. The lowest BCUT2D eigenvalue weighted by Gasteiger charge is -2.14.